The van der Waals surface area contributed by atoms with Crippen molar-refractivity contribution in [1.29, 1.82) is 0 Å². The molecule has 0 spiro atoms. The highest BCUT2D eigenvalue weighted by Crippen LogP contribution is 2.27. The van der Waals surface area contributed by atoms with Crippen molar-refractivity contribution in [1.82, 2.24) is 5.32 Å². The highest BCUT2D eigenvalue weighted by molar-refractivity contribution is 5.78. The van der Waals surface area contributed by atoms with E-state index >= 15 is 0 Å². The minimum atomic E-state index is 0.570. The monoisotopic (exact) mass is 183 g/mol. The van der Waals surface area contributed by atoms with E-state index in [0.717, 1.165) is 12.5 Å². The highest BCUT2D eigenvalue weighted by Gasteiger charge is 2.25. The molecule has 3 N–H and O–H groups in total. The fourth-order valence-electron chi connectivity index (χ4n) is 2.12. The number of aliphatic imine (C=N–C) groups is 1. The van der Waals surface area contributed by atoms with Crippen molar-refractivity contribution in [2.24, 2.45) is 16.6 Å². The molecule has 0 aliphatic heterocycles. The van der Waals surface area contributed by atoms with Crippen molar-refractivity contribution in [3.8, 4) is 0 Å². The lowest BCUT2D eigenvalue weighted by Crippen LogP contribution is -2.41. The highest BCUT2D eigenvalue weighted by atomic mass is 15.1. The number of guanidine groups is 1. The van der Waals surface area contributed by atoms with E-state index in [9.17, 15) is 0 Å². The van der Waals surface area contributed by atoms with Crippen LogP contribution in [-0.4, -0.2) is 18.5 Å². The van der Waals surface area contributed by atoms with Gasteiger partial charge in [-0.25, -0.2) is 0 Å². The number of nitrogens with one attached hydrogen (secondary N) is 1. The maximum absolute atomic E-state index is 5.72. The molecule has 76 valence electrons. The van der Waals surface area contributed by atoms with Crippen LogP contribution in [0.1, 0.15) is 39.5 Å². The Labute approximate surface area is 80.8 Å². The van der Waals surface area contributed by atoms with Gasteiger partial charge in [0.2, 0.25) is 0 Å². The number of hydrogen-bond donors (Lipinski definition) is 2. The topological polar surface area (TPSA) is 50.4 Å². The molecule has 1 aliphatic rings. The third-order valence-electron chi connectivity index (χ3n) is 2.85. The van der Waals surface area contributed by atoms with Crippen molar-refractivity contribution >= 4 is 5.96 Å². The van der Waals surface area contributed by atoms with E-state index in [4.69, 9.17) is 5.73 Å². The van der Waals surface area contributed by atoms with Crippen LogP contribution in [0.3, 0.4) is 0 Å². The van der Waals surface area contributed by atoms with Crippen LogP contribution in [0.4, 0.5) is 0 Å². The van der Waals surface area contributed by atoms with Crippen LogP contribution in [0.25, 0.3) is 0 Å². The number of nitrogens with zero attached hydrogens (tertiary/aromatic N) is 1. The maximum Gasteiger partial charge on any atom is 0.188 e. The van der Waals surface area contributed by atoms with Crippen LogP contribution in [0.15, 0.2) is 4.99 Å². The summed E-state index contributed by atoms with van der Waals surface area (Å²) >= 11 is 0. The molecule has 0 aromatic carbocycles. The molecule has 1 saturated carbocycles. The average molecular weight is 183 g/mol. The molecule has 2 unspecified atom stereocenters. The second-order valence-corrected chi connectivity index (χ2v) is 3.71. The third-order valence-corrected chi connectivity index (χ3v) is 2.85. The predicted octanol–water partition coefficient (Wildman–Crippen LogP) is 1.49. The minimum absolute atomic E-state index is 0.570. The Hall–Kier alpha value is -0.730. The van der Waals surface area contributed by atoms with Crippen LogP contribution >= 0.6 is 0 Å². The van der Waals surface area contributed by atoms with Crippen LogP contribution in [-0.2, 0) is 0 Å². The van der Waals surface area contributed by atoms with E-state index in [1.807, 2.05) is 6.92 Å². The zero-order chi connectivity index (χ0) is 9.68. The van der Waals surface area contributed by atoms with Crippen molar-refractivity contribution in [3.63, 3.8) is 0 Å². The summed E-state index contributed by atoms with van der Waals surface area (Å²) in [4.78, 5) is 4.14. The summed E-state index contributed by atoms with van der Waals surface area (Å²) in [6, 6.07) is 0.570. The predicted molar refractivity (Wildman–Crippen MR) is 56.7 cm³/mol. The molecular weight excluding hydrogens is 162 g/mol. The Bertz CT molecular complexity index is 177. The Balaban J connectivity index is 2.39. The first-order chi connectivity index (χ1) is 6.27. The van der Waals surface area contributed by atoms with Gasteiger partial charge in [0.1, 0.15) is 0 Å². The minimum Gasteiger partial charge on any atom is -0.370 e. The largest absolute Gasteiger partial charge is 0.370 e. The van der Waals surface area contributed by atoms with Gasteiger partial charge in [0, 0.05) is 12.6 Å². The summed E-state index contributed by atoms with van der Waals surface area (Å²) < 4.78 is 0. The summed E-state index contributed by atoms with van der Waals surface area (Å²) in [5.41, 5.74) is 5.72. The zero-order valence-corrected chi connectivity index (χ0v) is 8.71. The number of nitrogens with two attached hydrogens (primary N) is 1. The first kappa shape index (κ1) is 10.4. The van der Waals surface area contributed by atoms with E-state index < -0.39 is 0 Å². The first-order valence-corrected chi connectivity index (χ1v) is 5.34. The molecule has 0 heterocycles. The molecule has 1 fully saturated rings. The van der Waals surface area contributed by atoms with Crippen molar-refractivity contribution < 1.29 is 0 Å². The fraction of sp³-hybridized carbons (Fsp3) is 0.900. The second kappa shape index (κ2) is 5.10. The zero-order valence-electron chi connectivity index (χ0n) is 8.71. The summed E-state index contributed by atoms with van der Waals surface area (Å²) in [6.07, 6.45) is 5.17. The van der Waals surface area contributed by atoms with Gasteiger partial charge < -0.3 is 11.1 Å². The van der Waals surface area contributed by atoms with Crippen molar-refractivity contribution in [2.75, 3.05) is 6.54 Å². The molecule has 0 aromatic rings. The van der Waals surface area contributed by atoms with E-state index in [-0.39, 0.29) is 0 Å². The van der Waals surface area contributed by atoms with Gasteiger partial charge in [-0.05, 0) is 25.7 Å². The molecule has 0 saturated heterocycles. The average Bonchev–Trinajstić information content (AvgIpc) is 2.52. The molecule has 0 aromatic heterocycles. The molecule has 3 nitrogen and oxygen atoms in total. The van der Waals surface area contributed by atoms with Crippen LogP contribution in [0.2, 0.25) is 0 Å². The number of hydrogen-bond acceptors (Lipinski definition) is 1. The van der Waals surface area contributed by atoms with E-state index in [2.05, 4.69) is 17.2 Å². The Morgan fingerprint density at radius 3 is 2.85 bits per heavy atom. The lowest BCUT2D eigenvalue weighted by atomic mass is 10.0. The summed E-state index contributed by atoms with van der Waals surface area (Å²) in [6.45, 7) is 5.01. The number of rotatable bonds is 3. The summed E-state index contributed by atoms with van der Waals surface area (Å²) in [7, 11) is 0. The fourth-order valence-corrected chi connectivity index (χ4v) is 2.12. The lowest BCUT2D eigenvalue weighted by Gasteiger charge is -2.19. The molecule has 2 atom stereocenters. The van der Waals surface area contributed by atoms with E-state index in [1.54, 1.807) is 0 Å². The second-order valence-electron chi connectivity index (χ2n) is 3.71. The molecule has 0 radical (unpaired) electrons. The Morgan fingerprint density at radius 1 is 1.46 bits per heavy atom. The van der Waals surface area contributed by atoms with E-state index in [0.29, 0.717) is 12.0 Å². The molecule has 1 rings (SSSR count). The quantitative estimate of drug-likeness (QED) is 0.514. The van der Waals surface area contributed by atoms with Gasteiger partial charge in [-0.1, -0.05) is 19.8 Å². The third kappa shape index (κ3) is 2.90. The van der Waals surface area contributed by atoms with Crippen molar-refractivity contribution in [3.05, 3.63) is 0 Å². The lowest BCUT2D eigenvalue weighted by molar-refractivity contribution is 0.435. The van der Waals surface area contributed by atoms with E-state index in [1.165, 1.54) is 25.7 Å². The molecule has 13 heavy (non-hydrogen) atoms. The molecule has 1 aliphatic carbocycles. The maximum atomic E-state index is 5.72. The smallest absolute Gasteiger partial charge is 0.188 e. The van der Waals surface area contributed by atoms with Gasteiger partial charge in [-0.15, -0.1) is 0 Å². The van der Waals surface area contributed by atoms with Gasteiger partial charge in [0.05, 0.1) is 0 Å². The molecule has 0 bridgehead atoms. The Morgan fingerprint density at radius 2 is 2.23 bits per heavy atom. The normalized spacial score (nSPS) is 29.2. The van der Waals surface area contributed by atoms with Gasteiger partial charge in [0.25, 0.3) is 0 Å². The summed E-state index contributed by atoms with van der Waals surface area (Å²) in [5, 5.41) is 3.31. The SMILES string of the molecule is CCN=C(N)NC1CCCC1CC. The molecular formula is C10H21N3. The van der Waals surface area contributed by atoms with Gasteiger partial charge in [0.15, 0.2) is 5.96 Å². The van der Waals surface area contributed by atoms with Crippen molar-refractivity contribution in [2.45, 2.75) is 45.6 Å². The van der Waals surface area contributed by atoms with Crippen LogP contribution < -0.4 is 11.1 Å². The summed E-state index contributed by atoms with van der Waals surface area (Å²) in [5.74, 6) is 1.42. The van der Waals surface area contributed by atoms with Crippen LogP contribution in [0.5, 0.6) is 0 Å². The van der Waals surface area contributed by atoms with Gasteiger partial charge >= 0.3 is 0 Å². The van der Waals surface area contributed by atoms with Gasteiger partial charge in [-0.3, -0.25) is 4.99 Å². The first-order valence-electron chi connectivity index (χ1n) is 5.34. The van der Waals surface area contributed by atoms with Crippen LogP contribution in [0, 0.1) is 5.92 Å². The molecule has 0 amide bonds. The standard InChI is InChI=1S/C10H21N3/c1-3-8-6-5-7-9(8)13-10(11)12-4-2/h8-9H,3-7H2,1-2H3,(H3,11,12,13). The Kier molecular flexibility index (Phi) is 4.06. The molecule has 3 heteroatoms. The van der Waals surface area contributed by atoms with Gasteiger partial charge in [-0.2, -0.15) is 0 Å².